The van der Waals surface area contributed by atoms with Crippen molar-refractivity contribution in [2.45, 2.75) is 47.1 Å². The average Bonchev–Trinajstić information content (AvgIpc) is 3.54. The molecule has 1 N–H and O–H groups in total. The summed E-state index contributed by atoms with van der Waals surface area (Å²) in [5.41, 5.74) is 3.05. The van der Waals surface area contributed by atoms with E-state index in [4.69, 9.17) is 4.74 Å². The van der Waals surface area contributed by atoms with E-state index in [9.17, 15) is 14.7 Å². The third-order valence-electron chi connectivity index (χ3n) is 6.61. The Kier molecular flexibility index (Phi) is 6.75. The first-order chi connectivity index (χ1) is 18.2. The molecule has 1 aromatic carbocycles. The number of aliphatic hydroxyl groups excluding tert-OH is 1. The molecule has 1 aliphatic rings. The number of carbonyl (C=O) groups excluding carboxylic acids is 2. The summed E-state index contributed by atoms with van der Waals surface area (Å²) < 4.78 is 7.81. The molecule has 1 atom stereocenters. The largest absolute Gasteiger partial charge is 0.505 e. The van der Waals surface area contributed by atoms with E-state index < -0.39 is 17.7 Å². The number of benzene rings is 1. The van der Waals surface area contributed by atoms with Crippen LogP contribution in [-0.2, 0) is 9.59 Å². The molecule has 3 aromatic heterocycles. The number of fused-ring (bicyclic) bond motifs is 1. The van der Waals surface area contributed by atoms with Crippen molar-refractivity contribution < 1.29 is 19.4 Å². The Morgan fingerprint density at radius 1 is 1.13 bits per heavy atom. The van der Waals surface area contributed by atoms with Crippen LogP contribution in [-0.4, -0.2) is 43.0 Å². The van der Waals surface area contributed by atoms with Gasteiger partial charge in [0.1, 0.15) is 22.1 Å². The van der Waals surface area contributed by atoms with E-state index >= 15 is 0 Å². The number of carbonyl (C=O) groups is 2. The maximum absolute atomic E-state index is 13.5. The van der Waals surface area contributed by atoms with Crippen molar-refractivity contribution in [1.29, 1.82) is 0 Å². The van der Waals surface area contributed by atoms with Gasteiger partial charge in [-0.25, -0.2) is 4.98 Å². The molecular weight excluding hydrogens is 502 g/mol. The number of amides is 1. The van der Waals surface area contributed by atoms with Crippen LogP contribution in [0.3, 0.4) is 0 Å². The number of aromatic nitrogens is 4. The molecule has 0 aliphatic carbocycles. The fourth-order valence-electron chi connectivity index (χ4n) is 4.59. The highest BCUT2D eigenvalue weighted by atomic mass is 32.1. The predicted molar refractivity (Wildman–Crippen MR) is 145 cm³/mol. The van der Waals surface area contributed by atoms with Gasteiger partial charge in [-0.15, -0.1) is 10.2 Å². The zero-order valence-corrected chi connectivity index (χ0v) is 22.7. The minimum atomic E-state index is -0.929. The lowest BCUT2D eigenvalue weighted by molar-refractivity contribution is -0.132. The van der Waals surface area contributed by atoms with E-state index in [0.29, 0.717) is 40.2 Å². The summed E-state index contributed by atoms with van der Waals surface area (Å²) in [6.07, 6.45) is 2.73. The molecule has 1 amide bonds. The molecule has 0 saturated carbocycles. The van der Waals surface area contributed by atoms with Crippen molar-refractivity contribution in [3.63, 3.8) is 0 Å². The maximum Gasteiger partial charge on any atom is 0.301 e. The van der Waals surface area contributed by atoms with Crippen LogP contribution in [0.5, 0.6) is 5.75 Å². The first-order valence-corrected chi connectivity index (χ1v) is 13.3. The number of pyridine rings is 1. The van der Waals surface area contributed by atoms with Gasteiger partial charge in [-0.05, 0) is 62.4 Å². The van der Waals surface area contributed by atoms with Crippen LogP contribution < -0.4 is 9.64 Å². The second-order valence-electron chi connectivity index (χ2n) is 9.81. The lowest BCUT2D eigenvalue weighted by Gasteiger charge is -2.23. The Balaban J connectivity index is 1.68. The number of aliphatic hydroxyl groups is 1. The lowest BCUT2D eigenvalue weighted by atomic mass is 9.96. The quantitative estimate of drug-likeness (QED) is 0.199. The topological polar surface area (TPSA) is 110 Å². The molecular formula is C28H29N5O4S. The molecule has 1 unspecified atom stereocenters. The van der Waals surface area contributed by atoms with Crippen LogP contribution in [0.25, 0.3) is 11.4 Å². The van der Waals surface area contributed by atoms with Crippen LogP contribution in [0.4, 0.5) is 5.13 Å². The van der Waals surface area contributed by atoms with Gasteiger partial charge < -0.3 is 14.2 Å². The van der Waals surface area contributed by atoms with Crippen molar-refractivity contribution in [2.75, 3.05) is 11.5 Å². The van der Waals surface area contributed by atoms with Gasteiger partial charge in [-0.1, -0.05) is 43.4 Å². The molecule has 1 fully saturated rings. The molecule has 0 spiro atoms. The summed E-state index contributed by atoms with van der Waals surface area (Å²) in [5.74, 6) is -0.815. The third kappa shape index (κ3) is 4.45. The van der Waals surface area contributed by atoms with Gasteiger partial charge in [0.25, 0.3) is 5.78 Å². The molecule has 5 rings (SSSR count). The van der Waals surface area contributed by atoms with Crippen LogP contribution in [0.2, 0.25) is 0 Å². The normalized spacial score (nSPS) is 17.2. The summed E-state index contributed by atoms with van der Waals surface area (Å²) in [6.45, 7) is 10.3. The van der Waals surface area contributed by atoms with Gasteiger partial charge in [-0.2, -0.15) is 0 Å². The van der Waals surface area contributed by atoms with Crippen molar-refractivity contribution >= 4 is 39.6 Å². The second-order valence-corrected chi connectivity index (χ2v) is 11.0. The second kappa shape index (κ2) is 10.0. The van der Waals surface area contributed by atoms with Gasteiger partial charge in [0.05, 0.1) is 23.9 Å². The molecule has 9 nitrogen and oxygen atoms in total. The highest BCUT2D eigenvalue weighted by Crippen LogP contribution is 2.43. The number of rotatable bonds is 7. The number of nitrogens with zero attached hydrogens (tertiary/aromatic N) is 5. The average molecular weight is 532 g/mol. The van der Waals surface area contributed by atoms with Crippen molar-refractivity contribution in [1.82, 2.24) is 19.6 Å². The van der Waals surface area contributed by atoms with Crippen LogP contribution in [0, 0.1) is 26.7 Å². The van der Waals surface area contributed by atoms with Crippen molar-refractivity contribution in [2.24, 2.45) is 5.92 Å². The van der Waals surface area contributed by atoms with Crippen LogP contribution in [0.15, 0.2) is 48.2 Å². The maximum atomic E-state index is 13.5. The predicted octanol–water partition coefficient (Wildman–Crippen LogP) is 5.16. The highest BCUT2D eigenvalue weighted by Gasteiger charge is 2.48. The minimum absolute atomic E-state index is 0.0497. The fourth-order valence-corrected chi connectivity index (χ4v) is 5.30. The smallest absolute Gasteiger partial charge is 0.301 e. The SMILES string of the molecule is Cc1nnc(N2C(=O)C(=O)/C(=C(/O)c3nc4c(C)cccn4c3C)C2c2cccc(OCCC(C)C)c2)s1. The Hall–Kier alpha value is -4.05. The van der Waals surface area contributed by atoms with E-state index in [2.05, 4.69) is 29.0 Å². The molecule has 38 heavy (non-hydrogen) atoms. The van der Waals surface area contributed by atoms with E-state index in [0.717, 1.165) is 12.0 Å². The lowest BCUT2D eigenvalue weighted by Crippen LogP contribution is -2.29. The molecule has 4 heterocycles. The molecule has 0 radical (unpaired) electrons. The van der Waals surface area contributed by atoms with E-state index in [1.54, 1.807) is 19.1 Å². The Morgan fingerprint density at radius 2 is 1.92 bits per heavy atom. The standard InChI is InChI=1S/C28H29N5O4S/c1-15(2)11-13-37-20-10-6-9-19(14-20)23-21(25(35)27(36)33(23)28-31-30-18(5)38-28)24(34)22-17(4)32-12-7-8-16(3)26(32)29-22/h6-10,12,14-15,23,34H,11,13H2,1-5H3/b24-21+. The Morgan fingerprint density at radius 3 is 2.61 bits per heavy atom. The third-order valence-corrected chi connectivity index (χ3v) is 7.45. The van der Waals surface area contributed by atoms with Crippen molar-refractivity contribution in [3.8, 4) is 5.75 Å². The van der Waals surface area contributed by atoms with Gasteiger partial charge in [-0.3, -0.25) is 14.5 Å². The first kappa shape index (κ1) is 25.6. The number of aryl methyl sites for hydroxylation is 3. The van der Waals surface area contributed by atoms with Crippen molar-refractivity contribution in [3.05, 3.63) is 75.7 Å². The fraction of sp³-hybridized carbons (Fsp3) is 0.321. The number of ether oxygens (including phenoxy) is 1. The van der Waals surface area contributed by atoms with Gasteiger partial charge in [0.2, 0.25) is 5.13 Å². The monoisotopic (exact) mass is 531 g/mol. The molecule has 4 aromatic rings. The highest BCUT2D eigenvalue weighted by molar-refractivity contribution is 7.15. The van der Waals surface area contributed by atoms with Crippen LogP contribution in [0.1, 0.15) is 53.8 Å². The Labute approximate surface area is 224 Å². The number of imidazole rings is 1. The van der Waals surface area contributed by atoms with Gasteiger partial charge in [0, 0.05) is 6.20 Å². The number of Topliss-reactive ketones (excluding diaryl/α,β-unsaturated/α-hetero) is 1. The van der Waals surface area contributed by atoms with E-state index in [1.165, 1.54) is 16.2 Å². The molecule has 1 aliphatic heterocycles. The van der Waals surface area contributed by atoms with Gasteiger partial charge in [0.15, 0.2) is 5.76 Å². The Bertz CT molecular complexity index is 1590. The van der Waals surface area contributed by atoms with E-state index in [-0.39, 0.29) is 22.2 Å². The summed E-state index contributed by atoms with van der Waals surface area (Å²) in [5, 5.41) is 20.7. The zero-order valence-electron chi connectivity index (χ0n) is 21.9. The molecule has 10 heteroatoms. The van der Waals surface area contributed by atoms with Gasteiger partial charge >= 0.3 is 5.91 Å². The number of ketones is 1. The summed E-state index contributed by atoms with van der Waals surface area (Å²) in [4.78, 5) is 32.9. The summed E-state index contributed by atoms with van der Waals surface area (Å²) in [6, 6.07) is 10.1. The number of anilines is 1. The first-order valence-electron chi connectivity index (χ1n) is 12.5. The summed E-state index contributed by atoms with van der Waals surface area (Å²) >= 11 is 1.20. The van der Waals surface area contributed by atoms with Crippen LogP contribution >= 0.6 is 11.3 Å². The molecule has 196 valence electrons. The molecule has 1 saturated heterocycles. The summed E-state index contributed by atoms with van der Waals surface area (Å²) in [7, 11) is 0. The minimum Gasteiger partial charge on any atom is -0.505 e. The number of hydrogen-bond donors (Lipinski definition) is 1. The number of hydrogen-bond acceptors (Lipinski definition) is 8. The zero-order chi connectivity index (χ0) is 27.1. The van der Waals surface area contributed by atoms with E-state index in [1.807, 2.05) is 48.7 Å². The molecule has 0 bridgehead atoms.